The Hall–Kier alpha value is 0.610. The van der Waals surface area contributed by atoms with Crippen LogP contribution < -0.4 is 5.32 Å². The van der Waals surface area contributed by atoms with Crippen LogP contribution >= 0.6 is 46.1 Å². The Kier molecular flexibility index (Phi) is 7.04. The van der Waals surface area contributed by atoms with Crippen LogP contribution in [-0.4, -0.2) is 34.1 Å². The van der Waals surface area contributed by atoms with Crippen LogP contribution in [0.15, 0.2) is 24.3 Å². The lowest BCUT2D eigenvalue weighted by Crippen LogP contribution is -2.44. The average molecular weight is 421 g/mol. The number of benzene rings is 1. The van der Waals surface area contributed by atoms with E-state index in [2.05, 4.69) is 96.5 Å². The Balaban J connectivity index is 2.01. The summed E-state index contributed by atoms with van der Waals surface area (Å²) in [5.74, 6) is 1.28. The fourth-order valence-electron chi connectivity index (χ4n) is 2.49. The molecule has 1 aromatic rings. The van der Waals surface area contributed by atoms with Gasteiger partial charge in [0.1, 0.15) is 0 Å². The monoisotopic (exact) mass is 421 g/mol. The Morgan fingerprint density at radius 2 is 1.95 bits per heavy atom. The number of halogens is 1. The molecule has 4 heteroatoms. The minimum atomic E-state index is 0.590. The first-order valence-corrected chi connectivity index (χ1v) is 10.4. The highest BCUT2D eigenvalue weighted by atomic mass is 127. The molecular weight excluding hydrogens is 397 g/mol. The molecule has 1 aliphatic rings. The Morgan fingerprint density at radius 3 is 2.55 bits per heavy atom. The normalized spacial score (nSPS) is 28.3. The molecule has 1 aliphatic heterocycles. The highest BCUT2D eigenvalue weighted by molar-refractivity contribution is 14.1. The van der Waals surface area contributed by atoms with Crippen molar-refractivity contribution < 1.29 is 0 Å². The van der Waals surface area contributed by atoms with E-state index in [4.69, 9.17) is 0 Å². The molecule has 0 aliphatic carbocycles. The van der Waals surface area contributed by atoms with Gasteiger partial charge in [0, 0.05) is 31.1 Å². The van der Waals surface area contributed by atoms with Crippen molar-refractivity contribution >= 4 is 46.1 Å². The number of thioether (sulfide) groups is 2. The van der Waals surface area contributed by atoms with Gasteiger partial charge in [-0.15, -0.1) is 0 Å². The summed E-state index contributed by atoms with van der Waals surface area (Å²) in [6, 6.07) is 9.57. The van der Waals surface area contributed by atoms with E-state index in [-0.39, 0.29) is 0 Å². The lowest BCUT2D eigenvalue weighted by molar-refractivity contribution is 0.520. The van der Waals surface area contributed by atoms with Crippen LogP contribution in [0.4, 0.5) is 0 Å². The molecule has 0 saturated carbocycles. The summed E-state index contributed by atoms with van der Waals surface area (Å²) in [7, 11) is 0. The van der Waals surface area contributed by atoms with Crippen LogP contribution in [0, 0.1) is 3.57 Å². The molecule has 1 nitrogen and oxygen atoms in total. The van der Waals surface area contributed by atoms with Gasteiger partial charge in [-0.3, -0.25) is 0 Å². The smallest absolute Gasteiger partial charge is 0.0298 e. The van der Waals surface area contributed by atoms with Crippen LogP contribution in [0.1, 0.15) is 26.3 Å². The molecule has 1 fully saturated rings. The molecule has 20 heavy (non-hydrogen) atoms. The lowest BCUT2D eigenvalue weighted by Gasteiger charge is -2.36. The van der Waals surface area contributed by atoms with Gasteiger partial charge in [-0.05, 0) is 53.3 Å². The summed E-state index contributed by atoms with van der Waals surface area (Å²) < 4.78 is 1.32. The quantitative estimate of drug-likeness (QED) is 0.707. The van der Waals surface area contributed by atoms with Gasteiger partial charge in [0.2, 0.25) is 0 Å². The summed E-state index contributed by atoms with van der Waals surface area (Å²) >= 11 is 6.69. The minimum Gasteiger partial charge on any atom is -0.313 e. The summed E-state index contributed by atoms with van der Waals surface area (Å²) in [5.41, 5.74) is 1.45. The molecule has 2 rings (SSSR count). The maximum Gasteiger partial charge on any atom is 0.0298 e. The molecule has 1 heterocycles. The van der Waals surface area contributed by atoms with Gasteiger partial charge in [0.05, 0.1) is 0 Å². The van der Waals surface area contributed by atoms with Crippen LogP contribution in [-0.2, 0) is 6.42 Å². The second-order valence-corrected chi connectivity index (χ2v) is 9.69. The summed E-state index contributed by atoms with van der Waals surface area (Å²) in [4.78, 5) is 0. The van der Waals surface area contributed by atoms with Gasteiger partial charge in [-0.25, -0.2) is 0 Å². The molecule has 1 aromatic carbocycles. The van der Waals surface area contributed by atoms with Crippen molar-refractivity contribution in [3.05, 3.63) is 33.4 Å². The third kappa shape index (κ3) is 4.82. The van der Waals surface area contributed by atoms with Gasteiger partial charge >= 0.3 is 0 Å². The molecule has 4 unspecified atom stereocenters. The van der Waals surface area contributed by atoms with Gasteiger partial charge in [0.15, 0.2) is 0 Å². The van der Waals surface area contributed by atoms with Crippen LogP contribution in [0.3, 0.4) is 0 Å². The molecule has 0 bridgehead atoms. The Labute approximate surface area is 145 Å². The Bertz CT molecular complexity index is 409. The first-order chi connectivity index (χ1) is 9.60. The van der Waals surface area contributed by atoms with E-state index in [0.29, 0.717) is 6.04 Å². The zero-order valence-electron chi connectivity index (χ0n) is 12.4. The predicted octanol–water partition coefficient (Wildman–Crippen LogP) is 4.44. The maximum atomic E-state index is 3.71. The van der Waals surface area contributed by atoms with E-state index >= 15 is 0 Å². The van der Waals surface area contributed by atoms with E-state index < -0.39 is 0 Å². The maximum absolute atomic E-state index is 3.71. The van der Waals surface area contributed by atoms with Crippen molar-refractivity contribution in [3.8, 4) is 0 Å². The zero-order chi connectivity index (χ0) is 14.5. The number of rotatable bonds is 5. The van der Waals surface area contributed by atoms with Crippen LogP contribution in [0.25, 0.3) is 0 Å². The van der Waals surface area contributed by atoms with E-state index in [0.717, 1.165) is 28.7 Å². The number of nitrogens with one attached hydrogen (secondary N) is 1. The van der Waals surface area contributed by atoms with Crippen molar-refractivity contribution in [2.45, 2.75) is 49.0 Å². The van der Waals surface area contributed by atoms with Crippen LogP contribution in [0.5, 0.6) is 0 Å². The largest absolute Gasteiger partial charge is 0.313 e. The second-order valence-electron chi connectivity index (χ2n) is 5.41. The average Bonchev–Trinajstić information content (AvgIpc) is 2.44. The molecule has 112 valence electrons. The van der Waals surface area contributed by atoms with E-state index in [1.54, 1.807) is 0 Å². The molecule has 0 amide bonds. The molecule has 1 saturated heterocycles. The summed E-state index contributed by atoms with van der Waals surface area (Å²) in [6.45, 7) is 8.01. The highest BCUT2D eigenvalue weighted by Crippen LogP contribution is 2.37. The molecule has 4 atom stereocenters. The second kappa shape index (κ2) is 8.30. The molecular formula is C16H24INS2. The van der Waals surface area contributed by atoms with Crippen molar-refractivity contribution in [1.29, 1.82) is 0 Å². The number of hydrogen-bond acceptors (Lipinski definition) is 3. The van der Waals surface area contributed by atoms with Gasteiger partial charge in [-0.2, -0.15) is 23.5 Å². The topological polar surface area (TPSA) is 12.0 Å². The standard InChI is InChI=1S/C16H24INS2/c1-4-18-15(9-13-5-7-14(17)8-6-13)16-10-19-11(2)12(3)20-16/h5-8,11-12,15-16,18H,4,9-10H2,1-3H3. The third-order valence-corrected chi connectivity index (χ3v) is 8.13. The SMILES string of the molecule is CCNC(Cc1ccc(I)cc1)C1CSC(C)C(C)S1. The minimum absolute atomic E-state index is 0.590. The fourth-order valence-corrected chi connectivity index (χ4v) is 5.98. The first-order valence-electron chi connectivity index (χ1n) is 7.35. The van der Waals surface area contributed by atoms with Crippen molar-refractivity contribution in [1.82, 2.24) is 5.32 Å². The molecule has 0 spiro atoms. The molecule has 1 N–H and O–H groups in total. The summed E-state index contributed by atoms with van der Waals surface area (Å²) in [5, 5.41) is 5.99. The number of likely N-dealkylation sites (N-methyl/N-ethyl adjacent to an activating group) is 1. The van der Waals surface area contributed by atoms with E-state index in [9.17, 15) is 0 Å². The first kappa shape index (κ1) is 17.0. The van der Waals surface area contributed by atoms with E-state index in [1.807, 2.05) is 0 Å². The fraction of sp³-hybridized carbons (Fsp3) is 0.625. The van der Waals surface area contributed by atoms with Crippen molar-refractivity contribution in [2.75, 3.05) is 12.3 Å². The van der Waals surface area contributed by atoms with Gasteiger partial charge in [-0.1, -0.05) is 32.9 Å². The highest BCUT2D eigenvalue weighted by Gasteiger charge is 2.30. The third-order valence-electron chi connectivity index (χ3n) is 3.86. The van der Waals surface area contributed by atoms with Crippen LogP contribution in [0.2, 0.25) is 0 Å². The zero-order valence-corrected chi connectivity index (χ0v) is 16.2. The number of hydrogen-bond donors (Lipinski definition) is 1. The lowest BCUT2D eigenvalue weighted by atomic mass is 10.0. The van der Waals surface area contributed by atoms with Crippen molar-refractivity contribution in [2.24, 2.45) is 0 Å². The van der Waals surface area contributed by atoms with E-state index in [1.165, 1.54) is 14.9 Å². The Morgan fingerprint density at radius 1 is 1.25 bits per heavy atom. The molecule has 0 radical (unpaired) electrons. The van der Waals surface area contributed by atoms with Gasteiger partial charge < -0.3 is 5.32 Å². The van der Waals surface area contributed by atoms with Gasteiger partial charge in [0.25, 0.3) is 0 Å². The van der Waals surface area contributed by atoms with Crippen molar-refractivity contribution in [3.63, 3.8) is 0 Å². The molecule has 0 aromatic heterocycles. The summed E-state index contributed by atoms with van der Waals surface area (Å²) in [6.07, 6.45) is 1.14. The predicted molar refractivity (Wildman–Crippen MR) is 103 cm³/mol.